The van der Waals surface area contributed by atoms with E-state index >= 15 is 0 Å². The summed E-state index contributed by atoms with van der Waals surface area (Å²) in [5.74, 6) is 1.02. The minimum Gasteiger partial charge on any atom is -0.376 e. The summed E-state index contributed by atoms with van der Waals surface area (Å²) >= 11 is 5.23. The molecule has 1 aliphatic rings. The SMILES string of the molecule is CCNC(=S)NC(=NCC1CCCO1)Nc1nc(C)cc(C)n1. The number of aromatic nitrogens is 2. The first-order chi connectivity index (χ1) is 11.1. The molecule has 3 N–H and O–H groups in total. The van der Waals surface area contributed by atoms with E-state index < -0.39 is 0 Å². The van der Waals surface area contributed by atoms with Gasteiger partial charge in [0.15, 0.2) is 5.11 Å². The monoisotopic (exact) mass is 336 g/mol. The van der Waals surface area contributed by atoms with Gasteiger partial charge in [0.1, 0.15) is 0 Å². The lowest BCUT2D eigenvalue weighted by molar-refractivity contribution is 0.118. The van der Waals surface area contributed by atoms with Gasteiger partial charge in [-0.25, -0.2) is 15.0 Å². The number of ether oxygens (including phenoxy) is 1. The minimum atomic E-state index is 0.168. The second-order valence-electron chi connectivity index (χ2n) is 5.41. The molecule has 1 fully saturated rings. The van der Waals surface area contributed by atoms with Gasteiger partial charge in [-0.15, -0.1) is 0 Å². The molecule has 1 saturated heterocycles. The number of nitrogens with zero attached hydrogens (tertiary/aromatic N) is 3. The minimum absolute atomic E-state index is 0.168. The van der Waals surface area contributed by atoms with E-state index in [1.54, 1.807) is 0 Å². The van der Waals surface area contributed by atoms with Crippen LogP contribution in [0.1, 0.15) is 31.2 Å². The number of aliphatic imine (C=N–C) groups is 1. The van der Waals surface area contributed by atoms with Gasteiger partial charge in [-0.1, -0.05) is 0 Å². The lowest BCUT2D eigenvalue weighted by atomic mass is 10.2. The first-order valence-electron chi connectivity index (χ1n) is 7.87. The van der Waals surface area contributed by atoms with Gasteiger partial charge >= 0.3 is 0 Å². The summed E-state index contributed by atoms with van der Waals surface area (Å²) in [6.45, 7) is 7.98. The summed E-state index contributed by atoms with van der Waals surface area (Å²) in [5, 5.41) is 9.71. The van der Waals surface area contributed by atoms with Gasteiger partial charge in [-0.05, 0) is 51.9 Å². The van der Waals surface area contributed by atoms with Crippen molar-refractivity contribution in [3.63, 3.8) is 0 Å². The Hall–Kier alpha value is -1.80. The number of guanidine groups is 1. The van der Waals surface area contributed by atoms with Crippen LogP contribution in [0, 0.1) is 13.8 Å². The standard InChI is InChI=1S/C15H24N6OS/c1-4-16-15(23)21-13(17-9-12-6-5-7-22-12)20-14-18-10(2)8-11(3)19-14/h8,12H,4-7,9H2,1-3H3,(H3,16,17,18,19,20,21,23). The first kappa shape index (κ1) is 17.6. The number of thiocarbonyl (C=S) groups is 1. The van der Waals surface area contributed by atoms with Crippen LogP contribution < -0.4 is 16.0 Å². The Morgan fingerprint density at radius 1 is 1.39 bits per heavy atom. The third kappa shape index (κ3) is 6.07. The summed E-state index contributed by atoms with van der Waals surface area (Å²) < 4.78 is 5.60. The Morgan fingerprint density at radius 2 is 2.13 bits per heavy atom. The molecule has 7 nitrogen and oxygen atoms in total. The first-order valence-corrected chi connectivity index (χ1v) is 8.28. The molecular formula is C15H24N6OS. The zero-order valence-corrected chi connectivity index (χ0v) is 14.7. The molecule has 23 heavy (non-hydrogen) atoms. The summed E-state index contributed by atoms with van der Waals surface area (Å²) in [6, 6.07) is 1.92. The van der Waals surface area contributed by atoms with E-state index in [9.17, 15) is 0 Å². The number of anilines is 1. The maximum absolute atomic E-state index is 5.60. The van der Waals surface area contributed by atoms with Crippen LogP contribution in [0.5, 0.6) is 0 Å². The third-order valence-corrected chi connectivity index (χ3v) is 3.51. The largest absolute Gasteiger partial charge is 0.376 e. The average molecular weight is 336 g/mol. The molecule has 126 valence electrons. The smallest absolute Gasteiger partial charge is 0.229 e. The van der Waals surface area contributed by atoms with E-state index in [0.717, 1.165) is 37.4 Å². The average Bonchev–Trinajstić information content (AvgIpc) is 2.97. The van der Waals surface area contributed by atoms with Crippen LogP contribution in [0.15, 0.2) is 11.1 Å². The molecule has 8 heteroatoms. The molecule has 2 rings (SSSR count). The topological polar surface area (TPSA) is 83.5 Å². The number of nitrogens with one attached hydrogen (secondary N) is 3. The predicted molar refractivity (Wildman–Crippen MR) is 95.8 cm³/mol. The molecule has 1 unspecified atom stereocenters. The highest BCUT2D eigenvalue weighted by molar-refractivity contribution is 7.80. The molecule has 0 aromatic carbocycles. The van der Waals surface area contributed by atoms with Gasteiger partial charge in [-0.2, -0.15) is 0 Å². The van der Waals surface area contributed by atoms with Crippen LogP contribution in [-0.2, 0) is 4.74 Å². The Balaban J connectivity index is 2.07. The van der Waals surface area contributed by atoms with Crippen LogP contribution in [0.3, 0.4) is 0 Å². The predicted octanol–water partition coefficient (Wildman–Crippen LogP) is 1.52. The molecule has 0 aliphatic carbocycles. The molecule has 1 aliphatic heterocycles. The van der Waals surface area contributed by atoms with Crippen LogP contribution in [-0.4, -0.2) is 46.8 Å². The number of hydrogen-bond acceptors (Lipinski definition) is 5. The molecule has 1 aromatic rings. The summed E-state index contributed by atoms with van der Waals surface area (Å²) in [4.78, 5) is 13.3. The van der Waals surface area contributed by atoms with Crippen molar-refractivity contribution in [3.8, 4) is 0 Å². The van der Waals surface area contributed by atoms with Crippen LogP contribution in [0.4, 0.5) is 5.95 Å². The molecule has 2 heterocycles. The molecular weight excluding hydrogens is 312 g/mol. The zero-order valence-electron chi connectivity index (χ0n) is 13.8. The third-order valence-electron chi connectivity index (χ3n) is 3.26. The molecule has 1 aromatic heterocycles. The van der Waals surface area contributed by atoms with Gasteiger partial charge < -0.3 is 15.4 Å². The van der Waals surface area contributed by atoms with E-state index in [2.05, 4.69) is 30.9 Å². The van der Waals surface area contributed by atoms with Crippen molar-refractivity contribution in [2.24, 2.45) is 4.99 Å². The van der Waals surface area contributed by atoms with Crippen molar-refractivity contribution in [1.82, 2.24) is 20.6 Å². The Bertz CT molecular complexity index is 551. The summed E-state index contributed by atoms with van der Waals surface area (Å²) in [5.41, 5.74) is 1.79. The molecule has 0 saturated carbocycles. The van der Waals surface area contributed by atoms with Crippen molar-refractivity contribution < 1.29 is 4.74 Å². The normalized spacial score (nSPS) is 17.9. The van der Waals surface area contributed by atoms with Gasteiger partial charge in [-0.3, -0.25) is 5.32 Å². The van der Waals surface area contributed by atoms with Crippen molar-refractivity contribution in [2.45, 2.75) is 39.7 Å². The highest BCUT2D eigenvalue weighted by Gasteiger charge is 2.15. The Kier molecular flexibility index (Phi) is 6.66. The second-order valence-corrected chi connectivity index (χ2v) is 5.82. The van der Waals surface area contributed by atoms with Crippen molar-refractivity contribution >= 4 is 29.2 Å². The maximum atomic E-state index is 5.60. The van der Waals surface area contributed by atoms with E-state index in [1.165, 1.54) is 0 Å². The van der Waals surface area contributed by atoms with Gasteiger partial charge in [0, 0.05) is 24.5 Å². The number of rotatable bonds is 4. The van der Waals surface area contributed by atoms with E-state index in [0.29, 0.717) is 23.6 Å². The van der Waals surface area contributed by atoms with Gasteiger partial charge in [0.25, 0.3) is 0 Å². The quantitative estimate of drug-likeness (QED) is 0.437. The molecule has 0 radical (unpaired) electrons. The Morgan fingerprint density at radius 3 is 2.74 bits per heavy atom. The zero-order chi connectivity index (χ0) is 16.7. The van der Waals surface area contributed by atoms with Crippen molar-refractivity contribution in [2.75, 3.05) is 25.0 Å². The highest BCUT2D eigenvalue weighted by atomic mass is 32.1. The van der Waals surface area contributed by atoms with E-state index in [1.807, 2.05) is 26.8 Å². The summed E-state index contributed by atoms with van der Waals surface area (Å²) in [6.07, 6.45) is 2.29. The van der Waals surface area contributed by atoms with Crippen molar-refractivity contribution in [1.29, 1.82) is 0 Å². The van der Waals surface area contributed by atoms with Crippen molar-refractivity contribution in [3.05, 3.63) is 17.5 Å². The highest BCUT2D eigenvalue weighted by Crippen LogP contribution is 2.12. The second kappa shape index (κ2) is 8.73. The van der Waals surface area contributed by atoms with Gasteiger partial charge in [0.05, 0.1) is 12.6 Å². The summed E-state index contributed by atoms with van der Waals surface area (Å²) in [7, 11) is 0. The number of aryl methyl sites for hydroxylation is 2. The fourth-order valence-electron chi connectivity index (χ4n) is 2.29. The molecule has 1 atom stereocenters. The molecule has 0 spiro atoms. The fraction of sp³-hybridized carbons (Fsp3) is 0.600. The van der Waals surface area contributed by atoms with Crippen LogP contribution in [0.2, 0.25) is 0 Å². The molecule has 0 amide bonds. The van der Waals surface area contributed by atoms with E-state index in [-0.39, 0.29) is 6.10 Å². The van der Waals surface area contributed by atoms with Gasteiger partial charge in [0.2, 0.25) is 11.9 Å². The van der Waals surface area contributed by atoms with Crippen LogP contribution >= 0.6 is 12.2 Å². The van der Waals surface area contributed by atoms with Crippen LogP contribution in [0.25, 0.3) is 0 Å². The fourth-order valence-corrected chi connectivity index (χ4v) is 2.53. The Labute approximate surface area is 142 Å². The lowest BCUT2D eigenvalue weighted by Gasteiger charge is -2.14. The maximum Gasteiger partial charge on any atom is 0.229 e. The number of hydrogen-bond donors (Lipinski definition) is 3. The van der Waals surface area contributed by atoms with E-state index in [4.69, 9.17) is 17.0 Å². The lowest BCUT2D eigenvalue weighted by Crippen LogP contribution is -2.43. The molecule has 0 bridgehead atoms.